The van der Waals surface area contributed by atoms with Crippen molar-refractivity contribution in [3.8, 4) is 5.75 Å². The lowest BCUT2D eigenvalue weighted by molar-refractivity contribution is -0.499. The normalized spacial score (nSPS) is 10.4. The summed E-state index contributed by atoms with van der Waals surface area (Å²) in [6.07, 6.45) is 2.82. The topological polar surface area (TPSA) is 47.3 Å². The van der Waals surface area contributed by atoms with Gasteiger partial charge in [0, 0.05) is 11.3 Å². The lowest BCUT2D eigenvalue weighted by atomic mass is 10.2. The van der Waals surface area contributed by atoms with Gasteiger partial charge in [-0.15, -0.1) is 10.5 Å². The van der Waals surface area contributed by atoms with E-state index in [0.717, 1.165) is 30.0 Å². The molecular formula is C17H20N3OS+. The first-order valence-electron chi connectivity index (χ1n) is 7.21. The number of hydrogen-bond acceptors (Lipinski definition) is 2. The maximum Gasteiger partial charge on any atom is 0.228 e. The molecule has 0 aliphatic rings. The number of rotatable bonds is 6. The third-order valence-electron chi connectivity index (χ3n) is 2.79. The molecule has 0 atom stereocenters. The molecule has 3 N–H and O–H groups in total. The van der Waals surface area contributed by atoms with Crippen LogP contribution in [0.5, 0.6) is 5.75 Å². The minimum Gasteiger partial charge on any atom is -0.494 e. The van der Waals surface area contributed by atoms with Gasteiger partial charge < -0.3 is 10.1 Å². The van der Waals surface area contributed by atoms with Crippen molar-refractivity contribution in [2.45, 2.75) is 13.3 Å². The molecule has 0 aromatic heterocycles. The van der Waals surface area contributed by atoms with E-state index in [-0.39, 0.29) is 0 Å². The molecule has 0 bridgehead atoms. The Labute approximate surface area is 136 Å². The summed E-state index contributed by atoms with van der Waals surface area (Å²) in [6, 6.07) is 17.6. The van der Waals surface area contributed by atoms with E-state index in [0.29, 0.717) is 5.11 Å². The molecule has 0 heterocycles. The highest BCUT2D eigenvalue weighted by molar-refractivity contribution is 7.80. The van der Waals surface area contributed by atoms with E-state index < -0.39 is 0 Å². The maximum absolute atomic E-state index is 5.60. The van der Waals surface area contributed by atoms with E-state index in [2.05, 4.69) is 22.8 Å². The summed E-state index contributed by atoms with van der Waals surface area (Å²) in [5.74, 6) is 0.863. The smallest absolute Gasteiger partial charge is 0.228 e. The number of benzene rings is 2. The molecule has 2 rings (SSSR count). The van der Waals surface area contributed by atoms with Crippen LogP contribution in [-0.2, 0) is 0 Å². The Morgan fingerprint density at radius 2 is 2.00 bits per heavy atom. The van der Waals surface area contributed by atoms with Gasteiger partial charge in [-0.3, -0.25) is 0 Å². The number of nitrogens with one attached hydrogen (secondary N) is 3. The standard InChI is InChI=1S/C17H19N3OS/c1-2-11-21-16-10-6-7-14(12-16)13-18-20-17(22)19-15-8-4-3-5-9-15/h3-10,12-13H,2,11H2,1H3,(H2,19,20,22)/p+1. The van der Waals surface area contributed by atoms with Crippen LogP contribution in [0.25, 0.3) is 0 Å². The van der Waals surface area contributed by atoms with Crippen LogP contribution in [0.1, 0.15) is 18.9 Å². The van der Waals surface area contributed by atoms with Crippen LogP contribution in [0.2, 0.25) is 0 Å². The molecule has 4 nitrogen and oxygen atoms in total. The summed E-state index contributed by atoms with van der Waals surface area (Å²) < 4.78 is 5.60. The first kappa shape index (κ1) is 16.0. The fraction of sp³-hybridized carbons (Fsp3) is 0.176. The highest BCUT2D eigenvalue weighted by Crippen LogP contribution is 2.11. The molecule has 0 amide bonds. The number of hydrogen-bond donors (Lipinski definition) is 3. The van der Waals surface area contributed by atoms with Crippen LogP contribution in [0.3, 0.4) is 0 Å². The van der Waals surface area contributed by atoms with Crippen molar-refractivity contribution in [3.05, 3.63) is 60.2 Å². The fourth-order valence-corrected chi connectivity index (χ4v) is 1.96. The zero-order valence-corrected chi connectivity index (χ0v) is 13.3. The van der Waals surface area contributed by atoms with Crippen molar-refractivity contribution < 1.29 is 9.84 Å². The number of para-hydroxylation sites is 1. The maximum atomic E-state index is 5.60. The number of ether oxygens (including phenoxy) is 1. The van der Waals surface area contributed by atoms with Gasteiger partial charge in [0.15, 0.2) is 6.21 Å². The summed E-state index contributed by atoms with van der Waals surface area (Å²) in [7, 11) is 0. The minimum absolute atomic E-state index is 0.501. The Balaban J connectivity index is 1.85. The Morgan fingerprint density at radius 3 is 2.77 bits per heavy atom. The van der Waals surface area contributed by atoms with E-state index in [1.54, 1.807) is 0 Å². The number of thiocarbonyl (C=S) groups is 1. The van der Waals surface area contributed by atoms with Crippen LogP contribution in [0, 0.1) is 0 Å². The second kappa shape index (κ2) is 8.79. The van der Waals surface area contributed by atoms with Crippen molar-refractivity contribution in [2.24, 2.45) is 0 Å². The third kappa shape index (κ3) is 5.54. The molecule has 2 aromatic carbocycles. The van der Waals surface area contributed by atoms with Gasteiger partial charge in [-0.25, -0.2) is 0 Å². The highest BCUT2D eigenvalue weighted by Gasteiger charge is 1.99. The van der Waals surface area contributed by atoms with Gasteiger partial charge >= 0.3 is 0 Å². The van der Waals surface area contributed by atoms with E-state index in [9.17, 15) is 0 Å². The van der Waals surface area contributed by atoms with E-state index >= 15 is 0 Å². The Bertz CT molecular complexity index is 629. The zero-order valence-electron chi connectivity index (χ0n) is 12.5. The largest absolute Gasteiger partial charge is 0.494 e. The van der Waals surface area contributed by atoms with Crippen molar-refractivity contribution in [1.29, 1.82) is 0 Å². The fourth-order valence-electron chi connectivity index (χ4n) is 1.78. The van der Waals surface area contributed by atoms with E-state index in [1.165, 1.54) is 0 Å². The molecule has 5 heteroatoms. The van der Waals surface area contributed by atoms with Gasteiger partial charge in [0.1, 0.15) is 5.75 Å². The van der Waals surface area contributed by atoms with Crippen LogP contribution in [0.15, 0.2) is 54.6 Å². The van der Waals surface area contributed by atoms with Crippen molar-refractivity contribution in [3.63, 3.8) is 0 Å². The van der Waals surface area contributed by atoms with Crippen LogP contribution >= 0.6 is 12.2 Å². The molecule has 0 saturated heterocycles. The molecule has 0 saturated carbocycles. The van der Waals surface area contributed by atoms with Gasteiger partial charge in [-0.1, -0.05) is 31.2 Å². The average molecular weight is 314 g/mol. The average Bonchev–Trinajstić information content (AvgIpc) is 2.54. The molecule has 0 unspecified atom stereocenters. The molecule has 0 aliphatic carbocycles. The molecule has 114 valence electrons. The molecule has 0 aliphatic heterocycles. The van der Waals surface area contributed by atoms with Gasteiger partial charge in [-0.05, 0) is 49.0 Å². The van der Waals surface area contributed by atoms with Gasteiger partial charge in [0.2, 0.25) is 5.11 Å². The SMILES string of the molecule is CCCOc1cccc(C=[NH+]NC(=S)Nc2ccccc2)c1. The summed E-state index contributed by atoms with van der Waals surface area (Å²) >= 11 is 5.21. The second-order valence-corrected chi connectivity index (χ2v) is 5.06. The Morgan fingerprint density at radius 1 is 1.18 bits per heavy atom. The van der Waals surface area contributed by atoms with Crippen molar-refractivity contribution in [2.75, 3.05) is 11.9 Å². The Kier molecular flexibility index (Phi) is 6.39. The Hall–Kier alpha value is -2.40. The van der Waals surface area contributed by atoms with E-state index in [1.807, 2.05) is 60.8 Å². The monoisotopic (exact) mass is 314 g/mol. The summed E-state index contributed by atoms with van der Waals surface area (Å²) in [6.45, 7) is 2.81. The predicted molar refractivity (Wildman–Crippen MR) is 94.2 cm³/mol. The second-order valence-electron chi connectivity index (χ2n) is 4.65. The first-order chi connectivity index (χ1) is 10.8. The lowest BCUT2D eigenvalue weighted by Crippen LogP contribution is -2.82. The van der Waals surface area contributed by atoms with Crippen LogP contribution < -0.4 is 20.6 Å². The minimum atomic E-state index is 0.501. The molecule has 22 heavy (non-hydrogen) atoms. The molecule has 0 spiro atoms. The molecule has 0 radical (unpaired) electrons. The summed E-state index contributed by atoms with van der Waals surface area (Å²) in [5.41, 5.74) is 4.86. The zero-order chi connectivity index (χ0) is 15.6. The molecule has 0 fully saturated rings. The van der Waals surface area contributed by atoms with Gasteiger partial charge in [0.25, 0.3) is 0 Å². The highest BCUT2D eigenvalue weighted by atomic mass is 32.1. The first-order valence-corrected chi connectivity index (χ1v) is 7.62. The number of hydrazine groups is 1. The predicted octanol–water partition coefficient (Wildman–Crippen LogP) is 1.88. The third-order valence-corrected chi connectivity index (χ3v) is 2.99. The van der Waals surface area contributed by atoms with E-state index in [4.69, 9.17) is 17.0 Å². The van der Waals surface area contributed by atoms with Gasteiger partial charge in [0.05, 0.1) is 6.61 Å². The van der Waals surface area contributed by atoms with Crippen molar-refractivity contribution >= 4 is 29.2 Å². The van der Waals surface area contributed by atoms with Crippen molar-refractivity contribution in [1.82, 2.24) is 5.43 Å². The lowest BCUT2D eigenvalue weighted by Gasteiger charge is -2.04. The number of hydrazone groups is 1. The van der Waals surface area contributed by atoms with Crippen LogP contribution in [0.4, 0.5) is 5.69 Å². The number of anilines is 1. The van der Waals surface area contributed by atoms with Crippen LogP contribution in [-0.4, -0.2) is 17.9 Å². The molecular weight excluding hydrogens is 294 g/mol. The van der Waals surface area contributed by atoms with Gasteiger partial charge in [-0.2, -0.15) is 0 Å². The summed E-state index contributed by atoms with van der Waals surface area (Å²) in [4.78, 5) is 0. The summed E-state index contributed by atoms with van der Waals surface area (Å²) in [5, 5.41) is 6.55. The molecule has 2 aromatic rings. The quantitative estimate of drug-likeness (QED) is 0.433.